The van der Waals surface area contributed by atoms with Gasteiger partial charge in [-0.2, -0.15) is 0 Å². The van der Waals surface area contributed by atoms with Gasteiger partial charge in [-0.25, -0.2) is 0 Å². The van der Waals surface area contributed by atoms with Crippen LogP contribution in [0.3, 0.4) is 0 Å². The molecule has 3 aromatic rings. The average Bonchev–Trinajstić information content (AvgIpc) is 3.45. The van der Waals surface area contributed by atoms with E-state index in [2.05, 4.69) is 22.1 Å². The first kappa shape index (κ1) is 21.7. The number of hydrogen-bond donors (Lipinski definition) is 0. The fourth-order valence-corrected chi connectivity index (χ4v) is 4.10. The molecule has 0 spiro atoms. The average molecular weight is 426 g/mol. The Morgan fingerprint density at radius 2 is 1.84 bits per heavy atom. The molecule has 7 nitrogen and oxygen atoms in total. The van der Waals surface area contributed by atoms with Crippen LogP contribution >= 0.6 is 0 Å². The first-order valence-corrected chi connectivity index (χ1v) is 11.2. The zero-order chi connectivity index (χ0) is 21.7. The highest BCUT2D eigenvalue weighted by molar-refractivity contribution is 5.86. The number of methoxy groups -OCH3 is 1. The van der Waals surface area contributed by atoms with Crippen LogP contribution in [0.15, 0.2) is 28.7 Å². The molecule has 4 rings (SSSR count). The van der Waals surface area contributed by atoms with E-state index in [9.17, 15) is 0 Å². The Morgan fingerprint density at radius 1 is 1.03 bits per heavy atom. The van der Waals surface area contributed by atoms with Crippen LogP contribution in [0.5, 0.6) is 5.75 Å². The maximum atomic E-state index is 5.94. The van der Waals surface area contributed by atoms with Crippen LogP contribution in [0, 0.1) is 6.92 Å². The van der Waals surface area contributed by atoms with Crippen molar-refractivity contribution in [2.45, 2.75) is 64.6 Å². The van der Waals surface area contributed by atoms with E-state index in [0.717, 1.165) is 67.1 Å². The second-order valence-electron chi connectivity index (χ2n) is 8.07. The lowest BCUT2D eigenvalue weighted by molar-refractivity contribution is -0.164. The van der Waals surface area contributed by atoms with Crippen LogP contribution in [0.1, 0.15) is 57.0 Å². The molecule has 1 aromatic carbocycles. The Morgan fingerprint density at radius 3 is 2.61 bits per heavy atom. The molecule has 0 amide bonds. The van der Waals surface area contributed by atoms with Gasteiger partial charge < -0.3 is 18.6 Å². The summed E-state index contributed by atoms with van der Waals surface area (Å²) in [5.41, 5.74) is 2.65. The third-order valence-electron chi connectivity index (χ3n) is 5.90. The van der Waals surface area contributed by atoms with Crippen molar-refractivity contribution in [3.63, 3.8) is 0 Å². The highest BCUT2D eigenvalue weighted by Crippen LogP contribution is 2.33. The number of fused-ring (bicyclic) bond motifs is 1. The van der Waals surface area contributed by atoms with Gasteiger partial charge in [-0.15, -0.1) is 10.2 Å². The quantitative estimate of drug-likeness (QED) is 0.411. The minimum absolute atomic E-state index is 0.339. The topological polar surface area (TPSA) is 79.5 Å². The van der Waals surface area contributed by atoms with Crippen molar-refractivity contribution in [3.8, 4) is 17.2 Å². The highest BCUT2D eigenvalue weighted by atomic mass is 16.7. The monoisotopic (exact) mass is 425 g/mol. The number of ether oxygens (including phenoxy) is 3. The molecule has 1 aliphatic rings. The van der Waals surface area contributed by atoms with E-state index in [-0.39, 0.29) is 5.79 Å². The molecule has 1 fully saturated rings. The van der Waals surface area contributed by atoms with E-state index in [1.165, 1.54) is 0 Å². The molecule has 0 N–H and O–H groups in total. The lowest BCUT2D eigenvalue weighted by atomic mass is 10.0. The van der Waals surface area contributed by atoms with Crippen molar-refractivity contribution < 1.29 is 18.6 Å². The number of benzene rings is 1. The summed E-state index contributed by atoms with van der Waals surface area (Å²) in [7, 11) is 1.64. The largest absolute Gasteiger partial charge is 0.496 e. The number of rotatable bonds is 10. The fourth-order valence-electron chi connectivity index (χ4n) is 4.10. The molecule has 166 valence electrons. The third-order valence-corrected chi connectivity index (χ3v) is 5.90. The van der Waals surface area contributed by atoms with Crippen LogP contribution in [0.4, 0.5) is 0 Å². The summed E-state index contributed by atoms with van der Waals surface area (Å²) in [6.07, 6.45) is 7.01. The van der Waals surface area contributed by atoms with Crippen molar-refractivity contribution in [2.75, 3.05) is 20.3 Å². The summed E-state index contributed by atoms with van der Waals surface area (Å²) in [5, 5.41) is 9.51. The van der Waals surface area contributed by atoms with Gasteiger partial charge in [0.05, 0.1) is 31.4 Å². The van der Waals surface area contributed by atoms with E-state index in [0.29, 0.717) is 30.7 Å². The molecule has 0 aliphatic carbocycles. The number of hydrogen-bond acceptors (Lipinski definition) is 7. The van der Waals surface area contributed by atoms with Gasteiger partial charge in [0.1, 0.15) is 5.75 Å². The summed E-state index contributed by atoms with van der Waals surface area (Å²) in [6.45, 7) is 5.53. The molecule has 0 atom stereocenters. The predicted molar refractivity (Wildman–Crippen MR) is 118 cm³/mol. The highest BCUT2D eigenvalue weighted by Gasteiger charge is 2.33. The number of unbranched alkanes of at least 4 members (excludes halogenated alkanes) is 3. The van der Waals surface area contributed by atoms with Gasteiger partial charge >= 0.3 is 0 Å². The van der Waals surface area contributed by atoms with E-state index in [4.69, 9.17) is 18.6 Å². The Bertz CT molecular complexity index is 1010. The van der Waals surface area contributed by atoms with Gasteiger partial charge in [0.2, 0.25) is 5.89 Å². The lowest BCUT2D eigenvalue weighted by Gasteiger charge is -2.25. The fraction of sp³-hybridized carbons (Fsp3) is 0.542. The second kappa shape index (κ2) is 9.75. The summed E-state index contributed by atoms with van der Waals surface area (Å²) in [5.74, 6) is 1.48. The zero-order valence-corrected chi connectivity index (χ0v) is 18.6. The first-order chi connectivity index (χ1) is 15.1. The van der Waals surface area contributed by atoms with E-state index in [1.807, 2.05) is 31.2 Å². The Labute approximate surface area is 183 Å². The van der Waals surface area contributed by atoms with E-state index in [1.54, 1.807) is 7.11 Å². The number of aromatic nitrogens is 3. The maximum Gasteiger partial charge on any atom is 0.251 e. The van der Waals surface area contributed by atoms with Crippen molar-refractivity contribution >= 4 is 10.9 Å². The van der Waals surface area contributed by atoms with Crippen molar-refractivity contribution in [1.29, 1.82) is 0 Å². The van der Waals surface area contributed by atoms with Crippen LogP contribution in [-0.4, -0.2) is 41.3 Å². The summed E-state index contributed by atoms with van der Waals surface area (Å²) in [6, 6.07) is 7.95. The van der Waals surface area contributed by atoms with Crippen LogP contribution in [-0.2, 0) is 15.9 Å². The van der Waals surface area contributed by atoms with E-state index < -0.39 is 0 Å². The first-order valence-electron chi connectivity index (χ1n) is 11.2. The SMILES string of the molecule is CCC1(CCCCCCc2nnc(-c3cc4ccc(C)nc4cc3OC)o2)OCCO1. The van der Waals surface area contributed by atoms with Crippen LogP contribution in [0.25, 0.3) is 22.4 Å². The Balaban J connectivity index is 1.32. The number of aryl methyl sites for hydroxylation is 2. The molecule has 1 aliphatic heterocycles. The van der Waals surface area contributed by atoms with Gasteiger partial charge in [-0.3, -0.25) is 4.98 Å². The molecule has 0 saturated carbocycles. The molecule has 31 heavy (non-hydrogen) atoms. The Kier molecular flexibility index (Phi) is 6.83. The molecule has 0 unspecified atom stereocenters. The third kappa shape index (κ3) is 5.05. The standard InChI is InChI=1S/C24H31N3O4/c1-4-24(29-13-14-30-24)12-8-6-5-7-9-22-26-27-23(31-22)19-15-18-11-10-17(2)25-20(18)16-21(19)28-3/h10-11,15-16H,4-9,12-14H2,1-3H3. The molecular weight excluding hydrogens is 394 g/mol. The smallest absolute Gasteiger partial charge is 0.251 e. The minimum atomic E-state index is -0.339. The molecule has 7 heteroatoms. The normalized spacial score (nSPS) is 15.6. The second-order valence-corrected chi connectivity index (χ2v) is 8.07. The lowest BCUT2D eigenvalue weighted by Crippen LogP contribution is -2.28. The minimum Gasteiger partial charge on any atom is -0.496 e. The maximum absolute atomic E-state index is 5.94. The van der Waals surface area contributed by atoms with Gasteiger partial charge in [0.15, 0.2) is 5.79 Å². The molecule has 0 radical (unpaired) electrons. The van der Waals surface area contributed by atoms with Crippen molar-refractivity contribution in [1.82, 2.24) is 15.2 Å². The Hall–Kier alpha value is -2.51. The summed E-state index contributed by atoms with van der Waals surface area (Å²) < 4.78 is 23.1. The molecule has 0 bridgehead atoms. The van der Waals surface area contributed by atoms with Crippen LogP contribution in [0.2, 0.25) is 0 Å². The van der Waals surface area contributed by atoms with Gasteiger partial charge in [-0.1, -0.05) is 25.8 Å². The predicted octanol–water partition coefficient (Wildman–Crippen LogP) is 5.25. The zero-order valence-electron chi connectivity index (χ0n) is 18.6. The van der Waals surface area contributed by atoms with Gasteiger partial charge in [0, 0.05) is 30.0 Å². The number of pyridine rings is 1. The molecule has 2 aromatic heterocycles. The molecular formula is C24H31N3O4. The molecule has 3 heterocycles. The van der Waals surface area contributed by atoms with E-state index >= 15 is 0 Å². The van der Waals surface area contributed by atoms with Crippen molar-refractivity contribution in [2.24, 2.45) is 0 Å². The summed E-state index contributed by atoms with van der Waals surface area (Å²) >= 11 is 0. The summed E-state index contributed by atoms with van der Waals surface area (Å²) in [4.78, 5) is 4.56. The number of nitrogens with zero attached hydrogens (tertiary/aromatic N) is 3. The van der Waals surface area contributed by atoms with Gasteiger partial charge in [0.25, 0.3) is 5.89 Å². The van der Waals surface area contributed by atoms with Gasteiger partial charge in [-0.05, 0) is 38.3 Å². The van der Waals surface area contributed by atoms with Crippen LogP contribution < -0.4 is 4.74 Å². The molecule has 1 saturated heterocycles. The van der Waals surface area contributed by atoms with Crippen molar-refractivity contribution in [3.05, 3.63) is 35.9 Å².